The van der Waals surface area contributed by atoms with E-state index in [1.54, 1.807) is 0 Å². The molecule has 0 spiro atoms. The van der Waals surface area contributed by atoms with Gasteiger partial charge in [0.1, 0.15) is 0 Å². The standard InChI is InChI=1S/C9H19NS2/c1-10-7-4-2-3-5-9-6-8-11-12-9/h9-10H,2-8H2,1H3/t9-/m0/s1. The Morgan fingerprint density at radius 2 is 2.25 bits per heavy atom. The van der Waals surface area contributed by atoms with Crippen LogP contribution < -0.4 is 5.32 Å². The van der Waals surface area contributed by atoms with Crippen LogP contribution in [0.3, 0.4) is 0 Å². The zero-order chi connectivity index (χ0) is 8.65. The molecular weight excluding hydrogens is 186 g/mol. The Labute approximate surface area is 83.8 Å². The van der Waals surface area contributed by atoms with E-state index in [4.69, 9.17) is 0 Å². The van der Waals surface area contributed by atoms with Gasteiger partial charge in [0.2, 0.25) is 0 Å². The number of hydrogen-bond acceptors (Lipinski definition) is 3. The van der Waals surface area contributed by atoms with E-state index in [1.165, 1.54) is 44.4 Å². The van der Waals surface area contributed by atoms with Crippen LogP contribution >= 0.6 is 21.6 Å². The van der Waals surface area contributed by atoms with Gasteiger partial charge in [-0.25, -0.2) is 0 Å². The summed E-state index contributed by atoms with van der Waals surface area (Å²) in [5.41, 5.74) is 0. The molecule has 1 aliphatic rings. The minimum absolute atomic E-state index is 0.976. The van der Waals surface area contributed by atoms with Gasteiger partial charge in [-0.3, -0.25) is 0 Å². The van der Waals surface area contributed by atoms with Gasteiger partial charge >= 0.3 is 0 Å². The molecule has 0 bridgehead atoms. The first-order valence-corrected chi connectivity index (χ1v) is 7.24. The molecule has 12 heavy (non-hydrogen) atoms. The monoisotopic (exact) mass is 205 g/mol. The highest BCUT2D eigenvalue weighted by atomic mass is 33.1. The fourth-order valence-corrected chi connectivity index (χ4v) is 4.44. The van der Waals surface area contributed by atoms with Gasteiger partial charge in [0.05, 0.1) is 0 Å². The molecule has 0 unspecified atom stereocenters. The Balaban J connectivity index is 1.81. The third-order valence-electron chi connectivity index (χ3n) is 2.18. The molecule has 0 radical (unpaired) electrons. The Morgan fingerprint density at radius 3 is 2.92 bits per heavy atom. The quantitative estimate of drug-likeness (QED) is 0.529. The highest BCUT2D eigenvalue weighted by Gasteiger charge is 2.15. The van der Waals surface area contributed by atoms with E-state index >= 15 is 0 Å². The smallest absolute Gasteiger partial charge is 0.0159 e. The fourth-order valence-electron chi connectivity index (χ4n) is 1.42. The Bertz CT molecular complexity index is 103. The zero-order valence-electron chi connectivity index (χ0n) is 7.84. The minimum Gasteiger partial charge on any atom is -0.320 e. The molecule has 0 aromatic heterocycles. The Morgan fingerprint density at radius 1 is 1.33 bits per heavy atom. The first-order valence-electron chi connectivity index (χ1n) is 4.86. The highest BCUT2D eigenvalue weighted by molar-refractivity contribution is 8.77. The molecule has 1 aliphatic heterocycles. The summed E-state index contributed by atoms with van der Waals surface area (Å²) >= 11 is 0. The molecule has 0 aromatic rings. The molecule has 3 heteroatoms. The Hall–Kier alpha value is 0.660. The fraction of sp³-hybridized carbons (Fsp3) is 1.00. The molecule has 1 fully saturated rings. The molecule has 0 saturated carbocycles. The molecule has 1 heterocycles. The Kier molecular flexibility index (Phi) is 6.35. The second-order valence-electron chi connectivity index (χ2n) is 3.28. The van der Waals surface area contributed by atoms with Crippen molar-refractivity contribution in [3.05, 3.63) is 0 Å². The van der Waals surface area contributed by atoms with E-state index in [0.29, 0.717) is 0 Å². The highest BCUT2D eigenvalue weighted by Crippen LogP contribution is 2.39. The van der Waals surface area contributed by atoms with Crippen molar-refractivity contribution in [2.45, 2.75) is 37.4 Å². The predicted octanol–water partition coefficient (Wildman–Crippen LogP) is 2.92. The second-order valence-corrected chi connectivity index (χ2v) is 6.07. The van der Waals surface area contributed by atoms with Crippen LogP contribution in [0.4, 0.5) is 0 Å². The van der Waals surface area contributed by atoms with Gasteiger partial charge in [0.25, 0.3) is 0 Å². The number of nitrogens with one attached hydrogen (secondary N) is 1. The average molecular weight is 205 g/mol. The summed E-state index contributed by atoms with van der Waals surface area (Å²) in [4.78, 5) is 0. The van der Waals surface area contributed by atoms with E-state index in [-0.39, 0.29) is 0 Å². The van der Waals surface area contributed by atoms with Crippen LogP contribution in [0.1, 0.15) is 32.1 Å². The van der Waals surface area contributed by atoms with Crippen molar-refractivity contribution in [2.24, 2.45) is 0 Å². The number of hydrogen-bond donors (Lipinski definition) is 1. The van der Waals surface area contributed by atoms with Crippen LogP contribution in [-0.4, -0.2) is 24.6 Å². The number of unbranched alkanes of at least 4 members (excludes halogenated alkanes) is 2. The van der Waals surface area contributed by atoms with Gasteiger partial charge < -0.3 is 5.32 Å². The maximum Gasteiger partial charge on any atom is 0.0159 e. The van der Waals surface area contributed by atoms with Crippen LogP contribution in [0, 0.1) is 0 Å². The van der Waals surface area contributed by atoms with E-state index in [1.807, 2.05) is 7.05 Å². The van der Waals surface area contributed by atoms with Gasteiger partial charge in [-0.1, -0.05) is 34.4 Å². The van der Waals surface area contributed by atoms with E-state index < -0.39 is 0 Å². The summed E-state index contributed by atoms with van der Waals surface area (Å²) in [6.45, 7) is 1.19. The van der Waals surface area contributed by atoms with E-state index in [0.717, 1.165) is 5.25 Å². The van der Waals surface area contributed by atoms with Crippen LogP contribution in [0.5, 0.6) is 0 Å². The minimum atomic E-state index is 0.976. The summed E-state index contributed by atoms with van der Waals surface area (Å²) in [5, 5.41) is 4.16. The molecule has 1 atom stereocenters. The zero-order valence-corrected chi connectivity index (χ0v) is 9.48. The van der Waals surface area contributed by atoms with Crippen LogP contribution in [0.2, 0.25) is 0 Å². The molecule has 72 valence electrons. The van der Waals surface area contributed by atoms with Crippen molar-refractivity contribution < 1.29 is 0 Å². The van der Waals surface area contributed by atoms with Gasteiger partial charge in [0.15, 0.2) is 0 Å². The third kappa shape index (κ3) is 4.63. The van der Waals surface area contributed by atoms with Crippen LogP contribution in [-0.2, 0) is 0 Å². The van der Waals surface area contributed by atoms with Crippen LogP contribution in [0.15, 0.2) is 0 Å². The van der Waals surface area contributed by atoms with Gasteiger partial charge in [0, 0.05) is 11.0 Å². The molecule has 1 N–H and O–H groups in total. The van der Waals surface area contributed by atoms with Gasteiger partial charge in [-0.2, -0.15) is 0 Å². The maximum atomic E-state index is 3.19. The SMILES string of the molecule is CNCCCCC[C@H]1CCSS1. The molecule has 1 rings (SSSR count). The maximum absolute atomic E-state index is 3.19. The van der Waals surface area contributed by atoms with Gasteiger partial charge in [-0.05, 0) is 32.9 Å². The lowest BCUT2D eigenvalue weighted by molar-refractivity contribution is 0.603. The molecule has 1 saturated heterocycles. The van der Waals surface area contributed by atoms with Gasteiger partial charge in [-0.15, -0.1) is 0 Å². The normalized spacial score (nSPS) is 23.2. The molecule has 0 aromatic carbocycles. The summed E-state index contributed by atoms with van der Waals surface area (Å²) in [6.07, 6.45) is 7.08. The predicted molar refractivity (Wildman–Crippen MR) is 60.8 cm³/mol. The molecular formula is C9H19NS2. The summed E-state index contributed by atoms with van der Waals surface area (Å²) < 4.78 is 0. The van der Waals surface area contributed by atoms with Crippen LogP contribution in [0.25, 0.3) is 0 Å². The van der Waals surface area contributed by atoms with Crippen molar-refractivity contribution in [1.82, 2.24) is 5.32 Å². The van der Waals surface area contributed by atoms with E-state index in [2.05, 4.69) is 26.9 Å². The molecule has 1 nitrogen and oxygen atoms in total. The third-order valence-corrected chi connectivity index (χ3v) is 5.19. The summed E-state index contributed by atoms with van der Waals surface area (Å²) in [7, 11) is 6.19. The first kappa shape index (κ1) is 10.7. The number of rotatable bonds is 6. The van der Waals surface area contributed by atoms with E-state index in [9.17, 15) is 0 Å². The lowest BCUT2D eigenvalue weighted by Gasteiger charge is -2.06. The lowest BCUT2D eigenvalue weighted by Crippen LogP contribution is -2.07. The first-order chi connectivity index (χ1) is 5.93. The largest absolute Gasteiger partial charge is 0.320 e. The van der Waals surface area contributed by atoms with Crippen molar-refractivity contribution >= 4 is 21.6 Å². The molecule has 0 aliphatic carbocycles. The lowest BCUT2D eigenvalue weighted by atomic mass is 10.1. The summed E-state index contributed by atoms with van der Waals surface area (Å²) in [6, 6.07) is 0. The summed E-state index contributed by atoms with van der Waals surface area (Å²) in [5.74, 6) is 1.38. The van der Waals surface area contributed by atoms with Crippen molar-refractivity contribution in [2.75, 3.05) is 19.3 Å². The van der Waals surface area contributed by atoms with Crippen molar-refractivity contribution in [3.8, 4) is 0 Å². The van der Waals surface area contributed by atoms with Crippen molar-refractivity contribution in [3.63, 3.8) is 0 Å². The second kappa shape index (κ2) is 7.10. The van der Waals surface area contributed by atoms with Crippen molar-refractivity contribution in [1.29, 1.82) is 0 Å². The molecule has 0 amide bonds. The average Bonchev–Trinajstić information content (AvgIpc) is 2.57. The topological polar surface area (TPSA) is 12.0 Å².